The zero-order valence-electron chi connectivity index (χ0n) is 9.77. The van der Waals surface area contributed by atoms with Crippen molar-refractivity contribution >= 4 is 0 Å². The molecule has 0 aromatic rings. The second kappa shape index (κ2) is 3.16. The molecule has 1 heterocycles. The van der Waals surface area contributed by atoms with Crippen LogP contribution in [0.2, 0.25) is 0 Å². The Morgan fingerprint density at radius 1 is 1.25 bits per heavy atom. The van der Waals surface area contributed by atoms with Gasteiger partial charge in [-0.1, -0.05) is 0 Å². The predicted octanol–water partition coefficient (Wildman–Crippen LogP) is 2.14. The molecule has 0 radical (unpaired) electrons. The lowest BCUT2D eigenvalue weighted by molar-refractivity contribution is 0.0629. The first kappa shape index (κ1) is 10.9. The quantitative estimate of drug-likeness (QED) is 0.735. The minimum absolute atomic E-state index is 0.119. The highest BCUT2D eigenvalue weighted by molar-refractivity contribution is 5.15. The molecule has 1 spiro atoms. The van der Waals surface area contributed by atoms with Crippen LogP contribution in [0.4, 0.5) is 8.78 Å². The molecule has 3 aliphatic rings. The highest BCUT2D eigenvalue weighted by atomic mass is 19.3. The molecule has 92 valence electrons. The molecule has 1 aliphatic heterocycles. The van der Waals surface area contributed by atoms with Crippen molar-refractivity contribution in [1.29, 1.82) is 0 Å². The molecule has 0 bridgehead atoms. The summed E-state index contributed by atoms with van der Waals surface area (Å²) in [5.41, 5.74) is -0.347. The van der Waals surface area contributed by atoms with E-state index < -0.39 is 11.3 Å². The molecule has 0 aromatic heterocycles. The average Bonchev–Trinajstić information content (AvgIpc) is 2.97. The van der Waals surface area contributed by atoms with E-state index >= 15 is 0 Å². The third-order valence-electron chi connectivity index (χ3n) is 4.61. The van der Waals surface area contributed by atoms with E-state index in [0.717, 1.165) is 19.7 Å². The topological polar surface area (TPSA) is 12.5 Å². The maximum Gasteiger partial charge on any atom is 0.255 e. The largest absolute Gasteiger partial charge is 0.384 e. The lowest BCUT2D eigenvalue weighted by Crippen LogP contribution is -2.31. The number of halogens is 2. The van der Waals surface area contributed by atoms with Crippen molar-refractivity contribution in [1.82, 2.24) is 4.90 Å². The summed E-state index contributed by atoms with van der Waals surface area (Å²) in [5, 5.41) is 0. The molecule has 3 fully saturated rings. The number of hydrogen-bond donors (Lipinski definition) is 0. The van der Waals surface area contributed by atoms with Gasteiger partial charge in [-0.15, -0.1) is 0 Å². The Balaban J connectivity index is 1.56. The van der Waals surface area contributed by atoms with Gasteiger partial charge in [-0.2, -0.15) is 0 Å². The van der Waals surface area contributed by atoms with Crippen LogP contribution in [0.15, 0.2) is 0 Å². The number of alkyl halides is 2. The second-order valence-corrected chi connectivity index (χ2v) is 6.06. The van der Waals surface area contributed by atoms with Gasteiger partial charge in [0.1, 0.15) is 0 Å². The van der Waals surface area contributed by atoms with Gasteiger partial charge in [-0.3, -0.25) is 0 Å². The molecule has 2 saturated carbocycles. The average molecular weight is 231 g/mol. The summed E-state index contributed by atoms with van der Waals surface area (Å²) >= 11 is 0. The molecule has 2 aliphatic carbocycles. The molecule has 0 amide bonds. The van der Waals surface area contributed by atoms with E-state index in [9.17, 15) is 8.78 Å². The normalized spacial score (nSPS) is 39.2. The Bertz CT molecular complexity index is 303. The van der Waals surface area contributed by atoms with Gasteiger partial charge in [-0.05, 0) is 25.8 Å². The van der Waals surface area contributed by atoms with Gasteiger partial charge < -0.3 is 9.64 Å². The Hall–Kier alpha value is -0.220. The van der Waals surface area contributed by atoms with Crippen LogP contribution in [-0.4, -0.2) is 44.2 Å². The first-order valence-corrected chi connectivity index (χ1v) is 6.10. The fraction of sp³-hybridized carbons (Fsp3) is 1.00. The van der Waals surface area contributed by atoms with Gasteiger partial charge in [0.05, 0.1) is 12.0 Å². The van der Waals surface area contributed by atoms with Crippen molar-refractivity contribution in [3.8, 4) is 0 Å². The third kappa shape index (κ3) is 1.58. The van der Waals surface area contributed by atoms with Crippen molar-refractivity contribution in [3.05, 3.63) is 0 Å². The van der Waals surface area contributed by atoms with Crippen LogP contribution in [0.25, 0.3) is 0 Å². The molecule has 2 nitrogen and oxygen atoms in total. The highest BCUT2D eigenvalue weighted by Crippen LogP contribution is 2.65. The monoisotopic (exact) mass is 231 g/mol. The molecular weight excluding hydrogens is 212 g/mol. The lowest BCUT2D eigenvalue weighted by Gasteiger charge is -2.22. The summed E-state index contributed by atoms with van der Waals surface area (Å²) < 4.78 is 31.6. The minimum Gasteiger partial charge on any atom is -0.384 e. The molecule has 0 aromatic carbocycles. The van der Waals surface area contributed by atoms with Crippen LogP contribution in [0.5, 0.6) is 0 Å². The fourth-order valence-electron chi connectivity index (χ4n) is 3.22. The van der Waals surface area contributed by atoms with Gasteiger partial charge >= 0.3 is 0 Å². The summed E-state index contributed by atoms with van der Waals surface area (Å²) in [6.07, 6.45) is 3.19. The zero-order chi connectivity index (χ0) is 11.4. The van der Waals surface area contributed by atoms with E-state index in [-0.39, 0.29) is 6.42 Å². The Morgan fingerprint density at radius 2 is 1.94 bits per heavy atom. The molecule has 0 N–H and O–H groups in total. The van der Waals surface area contributed by atoms with Crippen LogP contribution < -0.4 is 0 Å². The van der Waals surface area contributed by atoms with E-state index in [1.807, 2.05) is 0 Å². The number of ether oxygens (including phenoxy) is 1. The van der Waals surface area contributed by atoms with E-state index in [0.29, 0.717) is 18.4 Å². The Labute approximate surface area is 94.9 Å². The third-order valence-corrected chi connectivity index (χ3v) is 4.61. The van der Waals surface area contributed by atoms with Gasteiger partial charge in [0, 0.05) is 32.0 Å². The van der Waals surface area contributed by atoms with Crippen LogP contribution in [0, 0.1) is 10.8 Å². The Morgan fingerprint density at radius 3 is 2.38 bits per heavy atom. The minimum atomic E-state index is -2.38. The second-order valence-electron chi connectivity index (χ2n) is 6.06. The van der Waals surface area contributed by atoms with Crippen LogP contribution in [0.1, 0.15) is 25.7 Å². The van der Waals surface area contributed by atoms with Crippen molar-refractivity contribution in [3.63, 3.8) is 0 Å². The first-order chi connectivity index (χ1) is 7.51. The van der Waals surface area contributed by atoms with Crippen LogP contribution >= 0.6 is 0 Å². The van der Waals surface area contributed by atoms with Crippen molar-refractivity contribution < 1.29 is 13.5 Å². The first-order valence-electron chi connectivity index (χ1n) is 6.10. The molecular formula is C12H19F2NO. The number of likely N-dealkylation sites (tertiary alicyclic amines) is 1. The fourth-order valence-corrected chi connectivity index (χ4v) is 3.22. The van der Waals surface area contributed by atoms with Crippen molar-refractivity contribution in [2.24, 2.45) is 10.8 Å². The smallest absolute Gasteiger partial charge is 0.255 e. The molecule has 4 heteroatoms. The summed E-state index contributed by atoms with van der Waals surface area (Å²) in [4.78, 5) is 2.23. The number of nitrogens with zero attached hydrogens (tertiary/aromatic N) is 1. The summed E-state index contributed by atoms with van der Waals surface area (Å²) in [6, 6.07) is 0. The lowest BCUT2D eigenvalue weighted by atomic mass is 10.1. The van der Waals surface area contributed by atoms with Gasteiger partial charge in [-0.25, -0.2) is 8.78 Å². The highest BCUT2D eigenvalue weighted by Gasteiger charge is 2.72. The number of hydrogen-bond acceptors (Lipinski definition) is 2. The standard InChI is InChI=1S/C12H19F2NO/c1-16-9-10(2-3-10)7-15-5-4-11(8-15)6-12(11,13)14/h2-9H2,1H3. The molecule has 1 atom stereocenters. The summed E-state index contributed by atoms with van der Waals surface area (Å²) in [6.45, 7) is 3.19. The van der Waals surface area contributed by atoms with E-state index in [2.05, 4.69) is 4.90 Å². The van der Waals surface area contributed by atoms with Crippen LogP contribution in [-0.2, 0) is 4.74 Å². The molecule has 3 rings (SSSR count). The van der Waals surface area contributed by atoms with E-state index in [1.165, 1.54) is 12.8 Å². The maximum atomic E-state index is 13.2. The van der Waals surface area contributed by atoms with Crippen molar-refractivity contribution in [2.45, 2.75) is 31.6 Å². The number of methoxy groups -OCH3 is 1. The molecule has 1 unspecified atom stereocenters. The Kier molecular flexibility index (Phi) is 2.16. The van der Waals surface area contributed by atoms with Crippen LogP contribution in [0.3, 0.4) is 0 Å². The molecule has 16 heavy (non-hydrogen) atoms. The number of rotatable bonds is 4. The SMILES string of the molecule is COCC1(CN2CCC3(C2)CC3(F)F)CC1. The zero-order valence-corrected chi connectivity index (χ0v) is 9.77. The molecule has 1 saturated heterocycles. The van der Waals surface area contributed by atoms with Gasteiger partial charge in [0.25, 0.3) is 5.92 Å². The maximum absolute atomic E-state index is 13.2. The predicted molar refractivity (Wildman–Crippen MR) is 56.6 cm³/mol. The van der Waals surface area contributed by atoms with E-state index in [1.54, 1.807) is 7.11 Å². The van der Waals surface area contributed by atoms with Crippen molar-refractivity contribution in [2.75, 3.05) is 33.4 Å². The van der Waals surface area contributed by atoms with E-state index in [4.69, 9.17) is 4.74 Å². The van der Waals surface area contributed by atoms with Gasteiger partial charge in [0.2, 0.25) is 0 Å². The van der Waals surface area contributed by atoms with Gasteiger partial charge in [0.15, 0.2) is 0 Å². The summed E-state index contributed by atoms with van der Waals surface area (Å²) in [5.74, 6) is -2.38. The summed E-state index contributed by atoms with van der Waals surface area (Å²) in [7, 11) is 1.72.